The van der Waals surface area contributed by atoms with Crippen LogP contribution in [0.4, 0.5) is 5.69 Å². The van der Waals surface area contributed by atoms with Crippen LogP contribution < -0.4 is 0 Å². The number of likely N-dealkylation sites (N-methyl/N-ethyl adjacent to an activating group) is 1. The molecule has 2 rings (SSSR count). The molecule has 0 radical (unpaired) electrons. The van der Waals surface area contributed by atoms with Crippen LogP contribution in [0.2, 0.25) is 0 Å². The number of nitrogens with zero attached hydrogens (tertiary/aromatic N) is 2. The molecule has 1 aromatic carbocycles. The second-order valence-electron chi connectivity index (χ2n) is 4.65. The zero-order valence-corrected chi connectivity index (χ0v) is 12.0. The molecule has 0 spiro atoms. The lowest BCUT2D eigenvalue weighted by atomic mass is 9.99. The van der Waals surface area contributed by atoms with Gasteiger partial charge in [0.05, 0.1) is 17.6 Å². The molecule has 0 saturated heterocycles. The van der Waals surface area contributed by atoms with E-state index in [4.69, 9.17) is 4.74 Å². The highest BCUT2D eigenvalue weighted by atomic mass is 16.6. The molecule has 22 heavy (non-hydrogen) atoms. The summed E-state index contributed by atoms with van der Waals surface area (Å²) in [6.45, 7) is 1.71. The predicted molar refractivity (Wildman–Crippen MR) is 74.9 cm³/mol. The minimum Gasteiger partial charge on any atom is -0.503 e. The number of carbonyl (C=O) groups excluding carboxylic acids is 2. The molecule has 0 fully saturated rings. The van der Waals surface area contributed by atoms with Gasteiger partial charge in [0.1, 0.15) is 5.57 Å². The Kier molecular flexibility index (Phi) is 4.11. The van der Waals surface area contributed by atoms with E-state index in [1.807, 2.05) is 0 Å². The number of rotatable bonds is 4. The molecule has 1 N–H and O–H groups in total. The number of carbonyl (C=O) groups is 2. The van der Waals surface area contributed by atoms with Gasteiger partial charge in [0.25, 0.3) is 11.6 Å². The number of amides is 1. The number of non-ortho nitro benzene ring substituents is 1. The molecule has 1 amide bonds. The van der Waals surface area contributed by atoms with Crippen LogP contribution in [0.15, 0.2) is 35.6 Å². The van der Waals surface area contributed by atoms with Crippen LogP contribution in [0, 0.1) is 10.1 Å². The van der Waals surface area contributed by atoms with Crippen molar-refractivity contribution in [3.63, 3.8) is 0 Å². The van der Waals surface area contributed by atoms with E-state index in [2.05, 4.69) is 0 Å². The third-order valence-corrected chi connectivity index (χ3v) is 3.35. The minimum absolute atomic E-state index is 0.0977. The number of ether oxygens (including phenoxy) is 1. The average Bonchev–Trinajstić information content (AvgIpc) is 2.72. The maximum absolute atomic E-state index is 12.0. The van der Waals surface area contributed by atoms with Gasteiger partial charge in [-0.15, -0.1) is 0 Å². The first kappa shape index (κ1) is 15.5. The zero-order chi connectivity index (χ0) is 16.4. The zero-order valence-electron chi connectivity index (χ0n) is 12.0. The topological polar surface area (TPSA) is 110 Å². The Morgan fingerprint density at radius 1 is 1.41 bits per heavy atom. The Morgan fingerprint density at radius 2 is 2.00 bits per heavy atom. The lowest BCUT2D eigenvalue weighted by Gasteiger charge is -2.22. The summed E-state index contributed by atoms with van der Waals surface area (Å²) in [7, 11) is 1.43. The molecule has 0 saturated carbocycles. The summed E-state index contributed by atoms with van der Waals surface area (Å²) in [5.74, 6) is -2.16. The Morgan fingerprint density at radius 3 is 2.50 bits per heavy atom. The van der Waals surface area contributed by atoms with E-state index < -0.39 is 28.6 Å². The summed E-state index contributed by atoms with van der Waals surface area (Å²) in [6, 6.07) is 4.57. The summed E-state index contributed by atoms with van der Waals surface area (Å²) in [5, 5.41) is 20.6. The normalized spacial score (nSPS) is 17.8. The number of aliphatic hydroxyl groups excluding tert-OH is 1. The van der Waals surface area contributed by atoms with Crippen LogP contribution in [0.5, 0.6) is 0 Å². The molecule has 116 valence electrons. The van der Waals surface area contributed by atoms with Gasteiger partial charge >= 0.3 is 5.97 Å². The Labute approximate surface area is 125 Å². The van der Waals surface area contributed by atoms with Crippen LogP contribution in [0.3, 0.4) is 0 Å². The Bertz CT molecular complexity index is 664. The summed E-state index contributed by atoms with van der Waals surface area (Å²) >= 11 is 0. The van der Waals surface area contributed by atoms with Crippen molar-refractivity contribution in [3.05, 3.63) is 51.3 Å². The monoisotopic (exact) mass is 306 g/mol. The summed E-state index contributed by atoms with van der Waals surface area (Å²) < 4.78 is 4.86. The van der Waals surface area contributed by atoms with Gasteiger partial charge in [0.2, 0.25) is 0 Å². The lowest BCUT2D eigenvalue weighted by Crippen LogP contribution is -2.27. The SMILES string of the molecule is CCOC(=O)C1=C(O)C(=O)N(C)[C@@H]1c1ccc([N+](=O)[O-])cc1. The third-order valence-electron chi connectivity index (χ3n) is 3.35. The maximum atomic E-state index is 12.0. The molecule has 0 unspecified atom stereocenters. The Balaban J connectivity index is 2.44. The van der Waals surface area contributed by atoms with Crippen molar-refractivity contribution in [2.45, 2.75) is 13.0 Å². The molecule has 1 atom stereocenters. The van der Waals surface area contributed by atoms with Crippen molar-refractivity contribution in [2.24, 2.45) is 0 Å². The van der Waals surface area contributed by atoms with Gasteiger partial charge in [0, 0.05) is 19.2 Å². The van der Waals surface area contributed by atoms with Crippen LogP contribution in [0.1, 0.15) is 18.5 Å². The molecule has 8 heteroatoms. The van der Waals surface area contributed by atoms with E-state index >= 15 is 0 Å². The fourth-order valence-corrected chi connectivity index (χ4v) is 2.31. The van der Waals surface area contributed by atoms with E-state index in [1.54, 1.807) is 6.92 Å². The quantitative estimate of drug-likeness (QED) is 0.512. The van der Waals surface area contributed by atoms with E-state index in [-0.39, 0.29) is 17.9 Å². The van der Waals surface area contributed by atoms with Crippen LogP contribution >= 0.6 is 0 Å². The first-order valence-corrected chi connectivity index (χ1v) is 6.50. The molecule has 0 aliphatic carbocycles. The maximum Gasteiger partial charge on any atom is 0.340 e. The molecule has 8 nitrogen and oxygen atoms in total. The van der Waals surface area contributed by atoms with Crippen molar-refractivity contribution in [2.75, 3.05) is 13.7 Å². The molecule has 1 aliphatic heterocycles. The predicted octanol–water partition coefficient (Wildman–Crippen LogP) is 1.48. The lowest BCUT2D eigenvalue weighted by molar-refractivity contribution is -0.384. The number of aliphatic hydroxyl groups is 1. The number of nitro groups is 1. The van der Waals surface area contributed by atoms with Crippen molar-refractivity contribution in [3.8, 4) is 0 Å². The highest BCUT2D eigenvalue weighted by Crippen LogP contribution is 2.37. The number of benzene rings is 1. The molecular formula is C14H14N2O6. The largest absolute Gasteiger partial charge is 0.503 e. The molecule has 1 aromatic rings. The van der Waals surface area contributed by atoms with Crippen molar-refractivity contribution in [1.29, 1.82) is 0 Å². The number of nitro benzene ring substituents is 1. The van der Waals surface area contributed by atoms with Crippen LogP contribution in [0.25, 0.3) is 0 Å². The second-order valence-corrected chi connectivity index (χ2v) is 4.65. The summed E-state index contributed by atoms with van der Waals surface area (Å²) in [6.07, 6.45) is 0. The molecule has 0 bridgehead atoms. The minimum atomic E-state index is -0.840. The second kappa shape index (κ2) is 5.84. The van der Waals surface area contributed by atoms with Crippen LogP contribution in [-0.4, -0.2) is 40.5 Å². The van der Waals surface area contributed by atoms with Crippen LogP contribution in [-0.2, 0) is 14.3 Å². The Hall–Kier alpha value is -2.90. The molecule has 0 aromatic heterocycles. The number of esters is 1. The highest BCUT2D eigenvalue weighted by molar-refractivity contribution is 6.06. The number of hydrogen-bond donors (Lipinski definition) is 1. The molecule has 1 aliphatic rings. The van der Waals surface area contributed by atoms with Gasteiger partial charge < -0.3 is 14.7 Å². The molecular weight excluding hydrogens is 292 g/mol. The van der Waals surface area contributed by atoms with E-state index in [1.165, 1.54) is 36.2 Å². The smallest absolute Gasteiger partial charge is 0.340 e. The standard InChI is InChI=1S/C14H14N2O6/c1-3-22-14(19)10-11(15(2)13(18)12(10)17)8-4-6-9(7-5-8)16(20)21/h4-7,11,17H,3H2,1-2H3/t11-/m1/s1. The van der Waals surface area contributed by atoms with E-state index in [9.17, 15) is 24.8 Å². The average molecular weight is 306 g/mol. The molecule has 1 heterocycles. The van der Waals surface area contributed by atoms with Crippen molar-refractivity contribution >= 4 is 17.6 Å². The summed E-state index contributed by atoms with van der Waals surface area (Å²) in [5.41, 5.74) is 0.193. The van der Waals surface area contributed by atoms with Gasteiger partial charge in [0.15, 0.2) is 5.76 Å². The number of hydrogen-bond acceptors (Lipinski definition) is 6. The third kappa shape index (κ3) is 2.50. The van der Waals surface area contributed by atoms with Crippen molar-refractivity contribution < 1.29 is 24.4 Å². The van der Waals surface area contributed by atoms with E-state index in [0.717, 1.165) is 0 Å². The van der Waals surface area contributed by atoms with Gasteiger partial charge in [-0.2, -0.15) is 0 Å². The first-order valence-electron chi connectivity index (χ1n) is 6.50. The fourth-order valence-electron chi connectivity index (χ4n) is 2.31. The first-order chi connectivity index (χ1) is 10.4. The van der Waals surface area contributed by atoms with Crippen molar-refractivity contribution in [1.82, 2.24) is 4.90 Å². The highest BCUT2D eigenvalue weighted by Gasteiger charge is 2.42. The van der Waals surface area contributed by atoms with Gasteiger partial charge in [-0.05, 0) is 24.6 Å². The van der Waals surface area contributed by atoms with E-state index in [0.29, 0.717) is 5.56 Å². The van der Waals surface area contributed by atoms with Gasteiger partial charge in [-0.3, -0.25) is 14.9 Å². The van der Waals surface area contributed by atoms with Gasteiger partial charge in [-0.1, -0.05) is 0 Å². The van der Waals surface area contributed by atoms with Gasteiger partial charge in [-0.25, -0.2) is 4.79 Å². The summed E-state index contributed by atoms with van der Waals surface area (Å²) in [4.78, 5) is 35.2. The fraction of sp³-hybridized carbons (Fsp3) is 0.286.